The van der Waals surface area contributed by atoms with Crippen LogP contribution in [0.2, 0.25) is 0 Å². The number of nitrogens with zero attached hydrogens (tertiary/aromatic N) is 1. The molecule has 0 spiro atoms. The first-order valence-electron chi connectivity index (χ1n) is 11.2. The molecule has 2 aromatic carbocycles. The molecule has 2 N–H and O–H groups in total. The molecule has 2 atom stereocenters. The van der Waals surface area contributed by atoms with E-state index in [-0.39, 0.29) is 6.61 Å². The predicted molar refractivity (Wildman–Crippen MR) is 121 cm³/mol. The van der Waals surface area contributed by atoms with Crippen LogP contribution in [-0.4, -0.2) is 28.6 Å². The summed E-state index contributed by atoms with van der Waals surface area (Å²) in [5, 5.41) is 10.7. The molecule has 1 aliphatic carbocycles. The highest BCUT2D eigenvalue weighted by molar-refractivity contribution is 5.88. The molecule has 4 heteroatoms. The lowest BCUT2D eigenvalue weighted by molar-refractivity contribution is 0.0953. The lowest BCUT2D eigenvalue weighted by Crippen LogP contribution is -2.37. The monoisotopic (exact) mass is 404 g/mol. The molecule has 0 amide bonds. The topological polar surface area (TPSA) is 48.5 Å². The number of rotatable bonds is 6. The molecule has 2 fully saturated rings. The first-order valence-corrected chi connectivity index (χ1v) is 11.2. The van der Waals surface area contributed by atoms with Crippen LogP contribution in [-0.2, 0) is 13.2 Å². The molecule has 158 valence electrons. The van der Waals surface area contributed by atoms with Gasteiger partial charge < -0.3 is 14.8 Å². The Morgan fingerprint density at radius 3 is 2.60 bits per heavy atom. The molecule has 1 saturated carbocycles. The van der Waals surface area contributed by atoms with Gasteiger partial charge in [-0.1, -0.05) is 24.3 Å². The summed E-state index contributed by atoms with van der Waals surface area (Å²) in [7, 11) is 1.78. The normalized spacial score (nSPS) is 22.5. The number of H-pyrrole nitrogens is 1. The molecular formula is C26H32N2O2. The minimum Gasteiger partial charge on any atom is -0.496 e. The Labute approximate surface area is 178 Å². The van der Waals surface area contributed by atoms with Gasteiger partial charge >= 0.3 is 0 Å². The van der Waals surface area contributed by atoms with Gasteiger partial charge in [0.1, 0.15) is 5.75 Å². The Kier molecular flexibility index (Phi) is 5.30. The number of hydrogen-bond donors (Lipinski definition) is 2. The van der Waals surface area contributed by atoms with E-state index in [2.05, 4.69) is 53.2 Å². The number of likely N-dealkylation sites (tertiary alicyclic amines) is 1. The summed E-state index contributed by atoms with van der Waals surface area (Å²) >= 11 is 0. The third kappa shape index (κ3) is 3.63. The van der Waals surface area contributed by atoms with E-state index in [1.807, 2.05) is 6.20 Å². The number of ether oxygens (including phenoxy) is 1. The molecular weight excluding hydrogens is 372 g/mol. The molecule has 0 bridgehead atoms. The molecule has 2 heterocycles. The number of aliphatic hydroxyl groups is 1. The highest BCUT2D eigenvalue weighted by atomic mass is 16.5. The van der Waals surface area contributed by atoms with Crippen molar-refractivity contribution in [3.8, 4) is 5.75 Å². The molecule has 1 saturated heterocycles. The van der Waals surface area contributed by atoms with Crippen LogP contribution in [0.25, 0.3) is 10.9 Å². The highest BCUT2D eigenvalue weighted by Crippen LogP contribution is 2.47. The van der Waals surface area contributed by atoms with Gasteiger partial charge in [0.15, 0.2) is 0 Å². The summed E-state index contributed by atoms with van der Waals surface area (Å²) in [6.07, 6.45) is 7.38. The first kappa shape index (κ1) is 19.7. The molecule has 1 aliphatic heterocycles. The summed E-state index contributed by atoms with van der Waals surface area (Å²) in [5.74, 6) is 2.77. The van der Waals surface area contributed by atoms with Crippen LogP contribution in [0.5, 0.6) is 5.75 Å². The van der Waals surface area contributed by atoms with Crippen molar-refractivity contribution in [2.45, 2.75) is 51.8 Å². The van der Waals surface area contributed by atoms with Gasteiger partial charge in [-0.2, -0.15) is 0 Å². The second-order valence-corrected chi connectivity index (χ2v) is 9.15. The fourth-order valence-corrected chi connectivity index (χ4v) is 5.40. The first-order chi connectivity index (χ1) is 14.7. The fourth-order valence-electron chi connectivity index (χ4n) is 5.40. The maximum atomic E-state index is 9.44. The molecule has 5 rings (SSSR count). The van der Waals surface area contributed by atoms with E-state index < -0.39 is 0 Å². The van der Waals surface area contributed by atoms with Gasteiger partial charge in [-0.3, -0.25) is 4.90 Å². The molecule has 2 aliphatic rings. The van der Waals surface area contributed by atoms with Crippen LogP contribution in [0.15, 0.2) is 42.6 Å². The zero-order valence-electron chi connectivity index (χ0n) is 18.0. The van der Waals surface area contributed by atoms with Crippen molar-refractivity contribution >= 4 is 10.9 Å². The minimum absolute atomic E-state index is 0.103. The lowest BCUT2D eigenvalue weighted by Gasteiger charge is -2.40. The third-order valence-electron chi connectivity index (χ3n) is 7.28. The van der Waals surface area contributed by atoms with Crippen LogP contribution in [0.3, 0.4) is 0 Å². The standard InChI is InChI=1S/C26H32N2O2/c1-17-13-25(30-2)23(22-9-11-27-26(17)22)15-28-12-10-21(19-7-8-19)14-24(28)20-5-3-18(16-29)4-6-20/h3-6,9,11,13,19,21,24,27,29H,7-8,10,12,14-16H2,1-2H3/t21?,24-/m0/s1. The number of fused-ring (bicyclic) bond motifs is 1. The molecule has 3 aromatic rings. The summed E-state index contributed by atoms with van der Waals surface area (Å²) in [6.45, 7) is 4.25. The number of aliphatic hydroxyl groups excluding tert-OH is 1. The quantitative estimate of drug-likeness (QED) is 0.583. The minimum atomic E-state index is 0.103. The van der Waals surface area contributed by atoms with Gasteiger partial charge in [-0.15, -0.1) is 0 Å². The average molecular weight is 405 g/mol. The second-order valence-electron chi connectivity index (χ2n) is 9.15. The van der Waals surface area contributed by atoms with Crippen molar-refractivity contribution in [3.05, 3.63) is 64.8 Å². The number of hydrogen-bond acceptors (Lipinski definition) is 3. The van der Waals surface area contributed by atoms with Gasteiger partial charge in [0.05, 0.1) is 13.7 Å². The van der Waals surface area contributed by atoms with Crippen molar-refractivity contribution in [2.75, 3.05) is 13.7 Å². The number of aromatic nitrogens is 1. The third-order valence-corrected chi connectivity index (χ3v) is 7.28. The van der Waals surface area contributed by atoms with Crippen LogP contribution in [0, 0.1) is 18.8 Å². The van der Waals surface area contributed by atoms with Gasteiger partial charge in [0.2, 0.25) is 0 Å². The van der Waals surface area contributed by atoms with Crippen LogP contribution in [0.4, 0.5) is 0 Å². The zero-order chi connectivity index (χ0) is 20.7. The van der Waals surface area contributed by atoms with Crippen molar-refractivity contribution in [1.82, 2.24) is 9.88 Å². The van der Waals surface area contributed by atoms with E-state index in [1.54, 1.807) is 7.11 Å². The molecule has 1 unspecified atom stereocenters. The second kappa shape index (κ2) is 8.09. The fraction of sp³-hybridized carbons (Fsp3) is 0.462. The molecule has 0 radical (unpaired) electrons. The lowest BCUT2D eigenvalue weighted by atomic mass is 9.83. The molecule has 30 heavy (non-hydrogen) atoms. The summed E-state index contributed by atoms with van der Waals surface area (Å²) in [6, 6.07) is 13.3. The Bertz CT molecular complexity index is 1020. The van der Waals surface area contributed by atoms with Crippen molar-refractivity contribution in [2.24, 2.45) is 11.8 Å². The van der Waals surface area contributed by atoms with E-state index in [9.17, 15) is 5.11 Å². The van der Waals surface area contributed by atoms with Crippen LogP contribution >= 0.6 is 0 Å². The SMILES string of the molecule is COc1cc(C)c2[nH]ccc2c1CN1CCC(C2CC2)C[C@H]1c1ccc(CO)cc1. The molecule has 1 aromatic heterocycles. The number of benzene rings is 2. The van der Waals surface area contributed by atoms with Gasteiger partial charge in [0, 0.05) is 35.2 Å². The molecule has 4 nitrogen and oxygen atoms in total. The number of aromatic amines is 1. The van der Waals surface area contributed by atoms with Crippen LogP contribution < -0.4 is 4.74 Å². The Morgan fingerprint density at radius 1 is 1.10 bits per heavy atom. The van der Waals surface area contributed by atoms with Crippen molar-refractivity contribution in [1.29, 1.82) is 0 Å². The average Bonchev–Trinajstić information content (AvgIpc) is 3.51. The number of methoxy groups -OCH3 is 1. The van der Waals surface area contributed by atoms with Gasteiger partial charge in [0.25, 0.3) is 0 Å². The van der Waals surface area contributed by atoms with E-state index in [0.717, 1.165) is 36.2 Å². The smallest absolute Gasteiger partial charge is 0.124 e. The van der Waals surface area contributed by atoms with Crippen LogP contribution in [0.1, 0.15) is 54.0 Å². The van der Waals surface area contributed by atoms with E-state index in [4.69, 9.17) is 4.74 Å². The largest absolute Gasteiger partial charge is 0.496 e. The maximum Gasteiger partial charge on any atom is 0.124 e. The summed E-state index contributed by atoms with van der Waals surface area (Å²) in [5.41, 5.74) is 6.06. The van der Waals surface area contributed by atoms with Crippen molar-refractivity contribution < 1.29 is 9.84 Å². The summed E-state index contributed by atoms with van der Waals surface area (Å²) < 4.78 is 5.82. The van der Waals surface area contributed by atoms with E-state index in [1.165, 1.54) is 53.3 Å². The predicted octanol–water partition coefficient (Wildman–Crippen LogP) is 5.34. The highest BCUT2D eigenvalue weighted by Gasteiger charge is 2.38. The van der Waals surface area contributed by atoms with Gasteiger partial charge in [-0.25, -0.2) is 0 Å². The Balaban J connectivity index is 1.49. The Hall–Kier alpha value is -2.30. The van der Waals surface area contributed by atoms with Crippen molar-refractivity contribution in [3.63, 3.8) is 0 Å². The Morgan fingerprint density at radius 2 is 1.90 bits per heavy atom. The van der Waals surface area contributed by atoms with E-state index >= 15 is 0 Å². The maximum absolute atomic E-state index is 9.44. The summed E-state index contributed by atoms with van der Waals surface area (Å²) in [4.78, 5) is 6.05. The van der Waals surface area contributed by atoms with Gasteiger partial charge in [-0.05, 0) is 79.8 Å². The number of nitrogens with one attached hydrogen (secondary N) is 1. The van der Waals surface area contributed by atoms with E-state index in [0.29, 0.717) is 6.04 Å². The number of aryl methyl sites for hydroxylation is 1. The zero-order valence-corrected chi connectivity index (χ0v) is 18.0. The number of piperidine rings is 1.